The third-order valence-electron chi connectivity index (χ3n) is 3.16. The van der Waals surface area contributed by atoms with Crippen molar-refractivity contribution < 1.29 is 9.53 Å². The van der Waals surface area contributed by atoms with Crippen LogP contribution in [0.2, 0.25) is 0 Å². The maximum atomic E-state index is 11.3. The average molecular weight is 210 g/mol. The molecule has 1 aliphatic carbocycles. The van der Waals surface area contributed by atoms with Crippen LogP contribution in [0.4, 0.5) is 0 Å². The van der Waals surface area contributed by atoms with Crippen molar-refractivity contribution in [3.63, 3.8) is 0 Å². The molecule has 86 valence electrons. The van der Waals surface area contributed by atoms with E-state index in [1.807, 2.05) is 6.92 Å². The highest BCUT2D eigenvalue weighted by atomic mass is 16.5. The van der Waals surface area contributed by atoms with Gasteiger partial charge in [0.15, 0.2) is 0 Å². The zero-order valence-electron chi connectivity index (χ0n) is 10.3. The van der Waals surface area contributed by atoms with E-state index in [0.29, 0.717) is 17.9 Å². The molecular formula is C13H22O2. The van der Waals surface area contributed by atoms with Gasteiger partial charge in [0, 0.05) is 6.08 Å². The molecule has 0 heterocycles. The largest absolute Gasteiger partial charge is 0.463 e. The molecule has 1 saturated carbocycles. The van der Waals surface area contributed by atoms with Crippen LogP contribution in [-0.2, 0) is 9.53 Å². The molecule has 0 saturated heterocycles. The van der Waals surface area contributed by atoms with E-state index < -0.39 is 0 Å². The van der Waals surface area contributed by atoms with Crippen molar-refractivity contribution in [3.05, 3.63) is 11.6 Å². The van der Waals surface area contributed by atoms with Gasteiger partial charge in [-0.1, -0.05) is 26.3 Å². The summed E-state index contributed by atoms with van der Waals surface area (Å²) in [7, 11) is 0. The van der Waals surface area contributed by atoms with E-state index in [1.54, 1.807) is 6.08 Å². The third-order valence-corrected chi connectivity index (χ3v) is 3.16. The van der Waals surface area contributed by atoms with Crippen LogP contribution < -0.4 is 0 Å². The molecule has 0 aromatic rings. The van der Waals surface area contributed by atoms with Crippen LogP contribution in [0.25, 0.3) is 0 Å². The maximum Gasteiger partial charge on any atom is 0.330 e. The summed E-state index contributed by atoms with van der Waals surface area (Å²) in [6, 6.07) is 0. The van der Waals surface area contributed by atoms with Crippen molar-refractivity contribution in [2.24, 2.45) is 11.3 Å². The Balaban J connectivity index is 2.52. The molecule has 0 aliphatic heterocycles. The lowest BCUT2D eigenvalue weighted by Gasteiger charge is -2.26. The van der Waals surface area contributed by atoms with Gasteiger partial charge < -0.3 is 4.74 Å². The molecule has 1 fully saturated rings. The first kappa shape index (κ1) is 12.3. The van der Waals surface area contributed by atoms with Crippen molar-refractivity contribution >= 4 is 5.97 Å². The van der Waals surface area contributed by atoms with Gasteiger partial charge in [-0.25, -0.2) is 4.79 Å². The normalized spacial score (nSPS) is 24.5. The summed E-state index contributed by atoms with van der Waals surface area (Å²) >= 11 is 0. The van der Waals surface area contributed by atoms with Gasteiger partial charge in [0.05, 0.1) is 6.61 Å². The number of hydrogen-bond acceptors (Lipinski definition) is 2. The number of rotatable bonds is 2. The zero-order chi connectivity index (χ0) is 11.5. The molecule has 1 rings (SSSR count). The van der Waals surface area contributed by atoms with Crippen LogP contribution in [-0.4, -0.2) is 12.6 Å². The van der Waals surface area contributed by atoms with Crippen molar-refractivity contribution in [1.29, 1.82) is 0 Å². The molecule has 0 spiro atoms. The first-order chi connectivity index (χ1) is 6.93. The van der Waals surface area contributed by atoms with Crippen molar-refractivity contribution in [2.45, 2.75) is 47.0 Å². The van der Waals surface area contributed by atoms with E-state index in [4.69, 9.17) is 4.74 Å². The maximum absolute atomic E-state index is 11.3. The third kappa shape index (κ3) is 3.69. The summed E-state index contributed by atoms with van der Waals surface area (Å²) in [5, 5.41) is 0. The lowest BCUT2D eigenvalue weighted by molar-refractivity contribution is -0.137. The van der Waals surface area contributed by atoms with Gasteiger partial charge in [0.25, 0.3) is 0 Å². The number of ether oxygens (including phenoxy) is 1. The van der Waals surface area contributed by atoms with Gasteiger partial charge >= 0.3 is 5.97 Å². The SMILES string of the molecule is CCOC(=O)/C=C1/CCC(C(C)(C)C)C1. The number of esters is 1. The Kier molecular flexibility index (Phi) is 3.95. The number of hydrogen-bond donors (Lipinski definition) is 0. The molecule has 0 aromatic carbocycles. The van der Waals surface area contributed by atoms with Gasteiger partial charge in [-0.05, 0) is 37.5 Å². The van der Waals surface area contributed by atoms with E-state index in [-0.39, 0.29) is 5.97 Å². The standard InChI is InChI=1S/C13H22O2/c1-5-15-12(14)9-10-6-7-11(8-10)13(2,3)4/h9,11H,5-8H2,1-4H3/b10-9-. The molecule has 0 aromatic heterocycles. The fourth-order valence-electron chi connectivity index (χ4n) is 2.10. The van der Waals surface area contributed by atoms with Crippen molar-refractivity contribution in [2.75, 3.05) is 6.61 Å². The van der Waals surface area contributed by atoms with E-state index in [1.165, 1.54) is 12.0 Å². The van der Waals surface area contributed by atoms with Crippen LogP contribution >= 0.6 is 0 Å². The van der Waals surface area contributed by atoms with Gasteiger partial charge in [0.1, 0.15) is 0 Å². The predicted octanol–water partition coefficient (Wildman–Crippen LogP) is 3.32. The Morgan fingerprint density at radius 3 is 2.67 bits per heavy atom. The summed E-state index contributed by atoms with van der Waals surface area (Å²) in [5.74, 6) is 0.528. The van der Waals surface area contributed by atoms with E-state index in [9.17, 15) is 4.79 Å². The lowest BCUT2D eigenvalue weighted by atomic mass is 9.80. The molecule has 0 amide bonds. The first-order valence-corrected chi connectivity index (χ1v) is 5.79. The van der Waals surface area contributed by atoms with E-state index >= 15 is 0 Å². The Hall–Kier alpha value is -0.790. The summed E-state index contributed by atoms with van der Waals surface area (Å²) in [4.78, 5) is 11.3. The Morgan fingerprint density at radius 2 is 2.20 bits per heavy atom. The monoisotopic (exact) mass is 210 g/mol. The molecule has 0 bridgehead atoms. The van der Waals surface area contributed by atoms with Crippen LogP contribution in [0, 0.1) is 11.3 Å². The topological polar surface area (TPSA) is 26.3 Å². The molecule has 1 aliphatic rings. The Bertz CT molecular complexity index is 258. The number of carbonyl (C=O) groups is 1. The minimum Gasteiger partial charge on any atom is -0.463 e. The Labute approximate surface area is 92.7 Å². The molecule has 1 unspecified atom stereocenters. The number of carbonyl (C=O) groups excluding carboxylic acids is 1. The summed E-state index contributed by atoms with van der Waals surface area (Å²) in [6.07, 6.45) is 5.01. The van der Waals surface area contributed by atoms with Crippen LogP contribution in [0.1, 0.15) is 47.0 Å². The smallest absolute Gasteiger partial charge is 0.330 e. The fraction of sp³-hybridized carbons (Fsp3) is 0.769. The van der Waals surface area contributed by atoms with Gasteiger partial charge in [0.2, 0.25) is 0 Å². The molecular weight excluding hydrogens is 188 g/mol. The predicted molar refractivity (Wildman–Crippen MR) is 61.5 cm³/mol. The zero-order valence-corrected chi connectivity index (χ0v) is 10.3. The van der Waals surface area contributed by atoms with Crippen LogP contribution in [0.5, 0.6) is 0 Å². The summed E-state index contributed by atoms with van der Waals surface area (Å²) < 4.78 is 4.91. The summed E-state index contributed by atoms with van der Waals surface area (Å²) in [6.45, 7) is 9.11. The fourth-order valence-corrected chi connectivity index (χ4v) is 2.10. The van der Waals surface area contributed by atoms with Crippen LogP contribution in [0.15, 0.2) is 11.6 Å². The molecule has 2 nitrogen and oxygen atoms in total. The van der Waals surface area contributed by atoms with Crippen LogP contribution in [0.3, 0.4) is 0 Å². The van der Waals surface area contributed by atoms with Crippen molar-refractivity contribution in [3.8, 4) is 0 Å². The summed E-state index contributed by atoms with van der Waals surface area (Å²) in [5.41, 5.74) is 1.61. The second kappa shape index (κ2) is 4.82. The van der Waals surface area contributed by atoms with Gasteiger partial charge in [-0.15, -0.1) is 0 Å². The van der Waals surface area contributed by atoms with Gasteiger partial charge in [-0.3, -0.25) is 0 Å². The molecule has 0 N–H and O–H groups in total. The highest BCUT2D eigenvalue weighted by molar-refractivity contribution is 5.82. The second-order valence-electron chi connectivity index (χ2n) is 5.36. The Morgan fingerprint density at radius 1 is 1.53 bits per heavy atom. The van der Waals surface area contributed by atoms with Gasteiger partial charge in [-0.2, -0.15) is 0 Å². The lowest BCUT2D eigenvalue weighted by Crippen LogP contribution is -2.16. The highest BCUT2D eigenvalue weighted by Crippen LogP contribution is 2.41. The second-order valence-corrected chi connectivity index (χ2v) is 5.36. The minimum absolute atomic E-state index is 0.179. The number of allylic oxidation sites excluding steroid dienone is 1. The first-order valence-electron chi connectivity index (χ1n) is 5.79. The quantitative estimate of drug-likeness (QED) is 0.516. The molecule has 15 heavy (non-hydrogen) atoms. The van der Waals surface area contributed by atoms with Crippen molar-refractivity contribution in [1.82, 2.24) is 0 Å². The van der Waals surface area contributed by atoms with E-state index in [0.717, 1.165) is 12.8 Å². The van der Waals surface area contributed by atoms with E-state index in [2.05, 4.69) is 20.8 Å². The molecule has 0 radical (unpaired) electrons. The minimum atomic E-state index is -0.179. The average Bonchev–Trinajstić information content (AvgIpc) is 2.52. The molecule has 2 heteroatoms. The highest BCUT2D eigenvalue weighted by Gasteiger charge is 2.30. The molecule has 1 atom stereocenters.